The van der Waals surface area contributed by atoms with Crippen molar-refractivity contribution in [3.63, 3.8) is 0 Å². The summed E-state index contributed by atoms with van der Waals surface area (Å²) < 4.78 is 15.8. The fourth-order valence-electron chi connectivity index (χ4n) is 6.03. The number of halogens is 3. The number of hydrogen-bond donors (Lipinski definition) is 3. The van der Waals surface area contributed by atoms with Crippen LogP contribution < -0.4 is 10.6 Å². The molecule has 10 nitrogen and oxygen atoms in total. The molecule has 1 aliphatic heterocycles. The normalized spacial score (nSPS) is 14.9. The molecule has 6 rings (SSSR count). The van der Waals surface area contributed by atoms with Crippen molar-refractivity contribution in [3.8, 4) is 6.07 Å². The summed E-state index contributed by atoms with van der Waals surface area (Å²) in [6.45, 7) is 8.54. The van der Waals surface area contributed by atoms with E-state index in [-0.39, 0.29) is 27.7 Å². The predicted molar refractivity (Wildman–Crippen MR) is 185 cm³/mol. The molecule has 0 spiro atoms. The molecule has 3 N–H and O–H groups in total. The van der Waals surface area contributed by atoms with Crippen LogP contribution in [0.3, 0.4) is 0 Å². The zero-order valence-corrected chi connectivity index (χ0v) is 28.0. The van der Waals surface area contributed by atoms with Crippen LogP contribution in [0.5, 0.6) is 0 Å². The minimum absolute atomic E-state index is 0.0727. The van der Waals surface area contributed by atoms with Crippen molar-refractivity contribution in [3.05, 3.63) is 105 Å². The number of rotatable bonds is 8. The molecule has 3 heterocycles. The van der Waals surface area contributed by atoms with E-state index in [9.17, 15) is 19.6 Å². The molecular formula is C35H33Cl2FN8O2. The molecule has 0 bridgehead atoms. The van der Waals surface area contributed by atoms with E-state index in [1.807, 2.05) is 16.9 Å². The molecular weight excluding hydrogens is 654 g/mol. The Morgan fingerprint density at radius 3 is 2.52 bits per heavy atom. The monoisotopic (exact) mass is 686 g/mol. The highest BCUT2D eigenvalue weighted by Crippen LogP contribution is 2.37. The van der Waals surface area contributed by atoms with Gasteiger partial charge in [0.25, 0.3) is 0 Å². The molecule has 48 heavy (non-hydrogen) atoms. The lowest BCUT2D eigenvalue weighted by molar-refractivity contribution is 0.0696. The summed E-state index contributed by atoms with van der Waals surface area (Å²) >= 11 is 12.8. The van der Waals surface area contributed by atoms with E-state index in [1.165, 1.54) is 30.5 Å². The minimum atomic E-state index is -1.05. The highest BCUT2D eigenvalue weighted by atomic mass is 35.5. The van der Waals surface area contributed by atoms with Gasteiger partial charge in [0.2, 0.25) is 0 Å². The fraction of sp³-hybridized carbons (Fsp3) is 0.286. The zero-order valence-electron chi connectivity index (χ0n) is 26.5. The van der Waals surface area contributed by atoms with Crippen molar-refractivity contribution in [2.75, 3.05) is 23.7 Å². The Kier molecular flexibility index (Phi) is 9.25. The molecule has 1 saturated heterocycles. The molecule has 2 aromatic heterocycles. The van der Waals surface area contributed by atoms with Crippen LogP contribution in [0.2, 0.25) is 10.0 Å². The second kappa shape index (κ2) is 13.4. The maximum absolute atomic E-state index is 13.9. The quantitative estimate of drug-likeness (QED) is 0.148. The number of piperidine rings is 1. The van der Waals surface area contributed by atoms with Gasteiger partial charge in [-0.05, 0) is 81.6 Å². The molecule has 0 amide bonds. The van der Waals surface area contributed by atoms with Gasteiger partial charge in [0, 0.05) is 41.6 Å². The predicted octanol–water partition coefficient (Wildman–Crippen LogP) is 8.22. The van der Waals surface area contributed by atoms with Gasteiger partial charge >= 0.3 is 5.97 Å². The first-order valence-electron chi connectivity index (χ1n) is 15.4. The van der Waals surface area contributed by atoms with Crippen molar-refractivity contribution < 1.29 is 14.3 Å². The Balaban J connectivity index is 1.39. The zero-order chi connectivity index (χ0) is 34.2. The van der Waals surface area contributed by atoms with E-state index in [0.29, 0.717) is 44.2 Å². The number of carbonyl (C=O) groups is 1. The van der Waals surface area contributed by atoms with Gasteiger partial charge in [-0.15, -0.1) is 5.10 Å². The van der Waals surface area contributed by atoms with E-state index in [4.69, 9.17) is 23.2 Å². The lowest BCUT2D eigenvalue weighted by atomic mass is 9.98. The lowest BCUT2D eigenvalue weighted by Crippen LogP contribution is -2.46. The SMILES string of the molecule is CC(C)(C)N1CCC(n2cc(C(Nc3cc(Cl)c4ncc(C#N)c(Nc5ccc(F)c(Cl)c5)c4c3)c3cccc(C(=O)O)c3)nn2)CC1. The van der Waals surface area contributed by atoms with Gasteiger partial charge in [-0.1, -0.05) is 40.5 Å². The molecule has 13 heteroatoms. The molecule has 1 fully saturated rings. The van der Waals surface area contributed by atoms with E-state index < -0.39 is 17.8 Å². The third kappa shape index (κ3) is 6.92. The van der Waals surface area contributed by atoms with Crippen LogP contribution in [0, 0.1) is 17.1 Å². The second-order valence-electron chi connectivity index (χ2n) is 12.8. The van der Waals surface area contributed by atoms with Gasteiger partial charge in [0.15, 0.2) is 0 Å². The molecule has 1 atom stereocenters. The summed E-state index contributed by atoms with van der Waals surface area (Å²) in [5.41, 5.74) is 3.58. The summed E-state index contributed by atoms with van der Waals surface area (Å²) in [5.74, 6) is -1.62. The molecule has 0 aliphatic carbocycles. The smallest absolute Gasteiger partial charge is 0.335 e. The van der Waals surface area contributed by atoms with Crippen LogP contribution in [0.4, 0.5) is 21.5 Å². The summed E-state index contributed by atoms with van der Waals surface area (Å²) in [6.07, 6.45) is 5.18. The Morgan fingerprint density at radius 1 is 1.08 bits per heavy atom. The van der Waals surface area contributed by atoms with E-state index >= 15 is 0 Å². The van der Waals surface area contributed by atoms with Crippen LogP contribution in [-0.4, -0.2) is 54.6 Å². The Hall–Kier alpha value is -4.76. The number of hydrogen-bond acceptors (Lipinski definition) is 8. The number of fused-ring (bicyclic) bond motifs is 1. The number of benzene rings is 3. The summed E-state index contributed by atoms with van der Waals surface area (Å²) in [5, 5.41) is 36.2. The topological polar surface area (TPSA) is 132 Å². The average molecular weight is 688 g/mol. The Morgan fingerprint density at radius 2 is 1.83 bits per heavy atom. The number of anilines is 3. The number of aromatic nitrogens is 4. The molecule has 0 radical (unpaired) electrons. The first-order chi connectivity index (χ1) is 22.9. The highest BCUT2D eigenvalue weighted by molar-refractivity contribution is 6.36. The van der Waals surface area contributed by atoms with E-state index in [1.54, 1.807) is 24.3 Å². The van der Waals surface area contributed by atoms with Gasteiger partial charge in [-0.3, -0.25) is 9.88 Å². The number of likely N-dealkylation sites (tertiary alicyclic amines) is 1. The molecule has 1 unspecified atom stereocenters. The number of aromatic carboxylic acids is 1. The van der Waals surface area contributed by atoms with Crippen molar-refractivity contribution in [1.82, 2.24) is 24.9 Å². The largest absolute Gasteiger partial charge is 0.478 e. The van der Waals surface area contributed by atoms with Crippen LogP contribution in [0.15, 0.2) is 67.0 Å². The number of nitrogens with one attached hydrogen (secondary N) is 2. The molecule has 1 aliphatic rings. The standard InChI is InChI=1S/C35H33Cl2FN8O2/c1-35(2,3)45-11-9-25(10-12-45)46-19-30(43-44-46)32(20-5-4-6-21(13-20)34(47)48)42-24-14-26-31(41-23-7-8-29(38)27(36)15-23)22(17-39)18-40-33(26)28(37)16-24/h4-8,13-16,18-19,25,32,42H,9-12H2,1-3H3,(H,40,41)(H,47,48). The van der Waals surface area contributed by atoms with E-state index in [0.717, 1.165) is 25.9 Å². The Bertz CT molecular complexity index is 2050. The number of carboxylic acid groups (broad SMARTS) is 1. The maximum atomic E-state index is 13.9. The number of nitriles is 1. The fourth-order valence-corrected chi connectivity index (χ4v) is 6.48. The van der Waals surface area contributed by atoms with Gasteiger partial charge in [-0.25, -0.2) is 13.9 Å². The van der Waals surface area contributed by atoms with Crippen LogP contribution in [0.1, 0.15) is 72.9 Å². The van der Waals surface area contributed by atoms with Crippen LogP contribution in [0.25, 0.3) is 10.9 Å². The lowest BCUT2D eigenvalue weighted by Gasteiger charge is -2.40. The molecule has 246 valence electrons. The number of pyridine rings is 1. The van der Waals surface area contributed by atoms with Gasteiger partial charge < -0.3 is 15.7 Å². The minimum Gasteiger partial charge on any atom is -0.478 e. The van der Waals surface area contributed by atoms with Crippen molar-refractivity contribution >= 4 is 57.1 Å². The first kappa shape index (κ1) is 33.2. The highest BCUT2D eigenvalue weighted by Gasteiger charge is 2.29. The third-order valence-electron chi connectivity index (χ3n) is 8.62. The van der Waals surface area contributed by atoms with Crippen LogP contribution in [-0.2, 0) is 0 Å². The van der Waals surface area contributed by atoms with Gasteiger partial charge in [0.1, 0.15) is 17.6 Å². The summed E-state index contributed by atoms with van der Waals surface area (Å²) in [4.78, 5) is 18.8. The molecule has 5 aromatic rings. The second-order valence-corrected chi connectivity index (χ2v) is 13.6. The Labute approximate surface area is 287 Å². The van der Waals surface area contributed by atoms with Crippen molar-refractivity contribution in [1.29, 1.82) is 5.26 Å². The average Bonchev–Trinajstić information content (AvgIpc) is 3.55. The number of carboxylic acids is 1. The molecule has 0 saturated carbocycles. The summed E-state index contributed by atoms with van der Waals surface area (Å²) in [7, 11) is 0. The third-order valence-corrected chi connectivity index (χ3v) is 9.20. The van der Waals surface area contributed by atoms with Gasteiger partial charge in [-0.2, -0.15) is 5.26 Å². The van der Waals surface area contributed by atoms with Crippen molar-refractivity contribution in [2.24, 2.45) is 0 Å². The van der Waals surface area contributed by atoms with Crippen LogP contribution >= 0.6 is 23.2 Å². The first-order valence-corrected chi connectivity index (χ1v) is 16.2. The summed E-state index contributed by atoms with van der Waals surface area (Å²) in [6, 6.07) is 16.0. The number of nitrogens with zero attached hydrogens (tertiary/aromatic N) is 6. The van der Waals surface area contributed by atoms with E-state index in [2.05, 4.69) is 57.7 Å². The van der Waals surface area contributed by atoms with Crippen molar-refractivity contribution in [2.45, 2.75) is 51.2 Å². The van der Waals surface area contributed by atoms with Gasteiger partial charge in [0.05, 0.1) is 50.7 Å². The maximum Gasteiger partial charge on any atom is 0.335 e. The molecule has 3 aromatic carbocycles.